The molecule has 0 N–H and O–H groups in total. The van der Waals surface area contributed by atoms with Gasteiger partial charge in [0.15, 0.2) is 0 Å². The van der Waals surface area contributed by atoms with Crippen molar-refractivity contribution in [1.82, 2.24) is 4.57 Å². The van der Waals surface area contributed by atoms with E-state index in [1.807, 2.05) is 0 Å². The molecule has 6 rings (SSSR count). The van der Waals surface area contributed by atoms with E-state index in [1.54, 1.807) is 0 Å². The molecule has 0 bridgehead atoms. The first-order chi connectivity index (χ1) is 19.5. The summed E-state index contributed by atoms with van der Waals surface area (Å²) in [4.78, 5) is 0. The van der Waals surface area contributed by atoms with Gasteiger partial charge in [0.1, 0.15) is 0 Å². The molecule has 0 fully saturated rings. The van der Waals surface area contributed by atoms with E-state index in [4.69, 9.17) is 4.65 Å². The predicted molar refractivity (Wildman–Crippen MR) is 179 cm³/mol. The number of para-hydroxylation sites is 1. The average molecular weight is 538 g/mol. The van der Waals surface area contributed by atoms with Crippen molar-refractivity contribution in [3.8, 4) is 16.8 Å². The van der Waals surface area contributed by atoms with Gasteiger partial charge in [0.05, 0.1) is 16.6 Å². The molecule has 6 aromatic rings. The van der Waals surface area contributed by atoms with Gasteiger partial charge < -0.3 is 9.22 Å². The summed E-state index contributed by atoms with van der Waals surface area (Å²) in [7, 11) is 0.600. The normalized spacial score (nSPS) is 12.6. The average Bonchev–Trinajstić information content (AvgIpc) is 3.28. The molecule has 0 saturated heterocycles. The quantitative estimate of drug-likeness (QED) is 0.193. The fourth-order valence-corrected chi connectivity index (χ4v) is 5.71. The molecule has 2 nitrogen and oxygen atoms in total. The fraction of sp³-hybridized carbons (Fsp3) is 0.263. The molecule has 0 amide bonds. The molecule has 0 aliphatic carbocycles. The molecule has 1 heterocycles. The zero-order valence-corrected chi connectivity index (χ0v) is 25.5. The van der Waals surface area contributed by atoms with E-state index < -0.39 is 0 Å². The topological polar surface area (TPSA) is 14.2 Å². The van der Waals surface area contributed by atoms with Gasteiger partial charge in [-0.05, 0) is 70.8 Å². The number of nitrogens with zero attached hydrogens (tertiary/aromatic N) is 1. The summed E-state index contributed by atoms with van der Waals surface area (Å²) in [5.74, 6) is 0.359. The third-order valence-electron chi connectivity index (χ3n) is 9.14. The molecule has 0 spiro atoms. The van der Waals surface area contributed by atoms with E-state index >= 15 is 0 Å². The zero-order valence-electron chi connectivity index (χ0n) is 25.5. The van der Waals surface area contributed by atoms with Crippen LogP contribution in [0.3, 0.4) is 0 Å². The minimum Gasteiger partial charge on any atom is -0.429 e. The van der Waals surface area contributed by atoms with Gasteiger partial charge in [-0.25, -0.2) is 0 Å². The summed E-state index contributed by atoms with van der Waals surface area (Å²) in [6, 6.07) is 37.9. The SMILES string of the molecule is CC(C)c1cc(BOC(C)(C)C(C)(C)C)ccc1-n1c2ccccc2c2ccc(-c3cccc4ccccc34)cc21. The first kappa shape index (κ1) is 27.4. The second kappa shape index (κ2) is 10.2. The Morgan fingerprint density at radius 3 is 2.10 bits per heavy atom. The Morgan fingerprint density at radius 2 is 1.34 bits per heavy atom. The van der Waals surface area contributed by atoms with Crippen LogP contribution in [0.25, 0.3) is 49.4 Å². The lowest BCUT2D eigenvalue weighted by Gasteiger charge is -2.39. The molecule has 0 radical (unpaired) electrons. The van der Waals surface area contributed by atoms with Gasteiger partial charge in [-0.15, -0.1) is 0 Å². The third-order valence-corrected chi connectivity index (χ3v) is 9.14. The molecule has 5 aromatic carbocycles. The molecular formula is C38H40BNO. The first-order valence-electron chi connectivity index (χ1n) is 14.8. The summed E-state index contributed by atoms with van der Waals surface area (Å²) in [6.45, 7) is 15.7. The first-order valence-corrected chi connectivity index (χ1v) is 14.8. The standard InChI is InChI=1S/C38H40BNO/c1-25(2)33-24-28(39-41-38(6,7)37(3,4)5)20-22-35(33)40-34-18-11-10-16-31(34)32-21-19-27(23-36(32)40)30-17-12-14-26-13-8-9-15-29(26)30/h8-25,39H,1-7H3. The molecule has 206 valence electrons. The largest absolute Gasteiger partial charge is 0.429 e. The van der Waals surface area contributed by atoms with Gasteiger partial charge in [0, 0.05) is 16.5 Å². The lowest BCUT2D eigenvalue weighted by atomic mass is 9.76. The number of hydrogen-bond donors (Lipinski definition) is 0. The van der Waals surface area contributed by atoms with Crippen LogP contribution in [-0.4, -0.2) is 17.7 Å². The zero-order chi connectivity index (χ0) is 28.9. The van der Waals surface area contributed by atoms with E-state index in [0.29, 0.717) is 13.4 Å². The van der Waals surface area contributed by atoms with Crippen LogP contribution < -0.4 is 5.46 Å². The molecular weight excluding hydrogens is 497 g/mol. The van der Waals surface area contributed by atoms with Crippen molar-refractivity contribution in [2.75, 3.05) is 0 Å². The van der Waals surface area contributed by atoms with E-state index in [9.17, 15) is 0 Å². The number of benzene rings is 5. The summed E-state index contributed by atoms with van der Waals surface area (Å²) in [5.41, 5.74) is 8.57. The van der Waals surface area contributed by atoms with Crippen molar-refractivity contribution in [3.63, 3.8) is 0 Å². The van der Waals surface area contributed by atoms with Crippen LogP contribution in [-0.2, 0) is 4.65 Å². The predicted octanol–water partition coefficient (Wildman–Crippen LogP) is 9.55. The van der Waals surface area contributed by atoms with Crippen LogP contribution in [0.15, 0.2) is 103 Å². The van der Waals surface area contributed by atoms with Gasteiger partial charge in [0.2, 0.25) is 0 Å². The molecule has 3 heteroatoms. The van der Waals surface area contributed by atoms with Crippen molar-refractivity contribution in [2.24, 2.45) is 5.41 Å². The fourth-order valence-electron chi connectivity index (χ4n) is 5.71. The molecule has 41 heavy (non-hydrogen) atoms. The Bertz CT molecular complexity index is 1880. The highest BCUT2D eigenvalue weighted by Crippen LogP contribution is 2.38. The second-order valence-corrected chi connectivity index (χ2v) is 13.2. The van der Waals surface area contributed by atoms with E-state index in [2.05, 4.69) is 156 Å². The Labute approximate surface area is 245 Å². The van der Waals surface area contributed by atoms with Gasteiger partial charge in [-0.3, -0.25) is 0 Å². The minimum atomic E-state index is -0.228. The van der Waals surface area contributed by atoms with E-state index in [0.717, 1.165) is 0 Å². The maximum atomic E-state index is 6.48. The maximum absolute atomic E-state index is 6.48. The Balaban J connectivity index is 1.53. The van der Waals surface area contributed by atoms with Gasteiger partial charge in [-0.1, -0.05) is 125 Å². The van der Waals surface area contributed by atoms with Gasteiger partial charge in [-0.2, -0.15) is 0 Å². The molecule has 0 saturated carbocycles. The van der Waals surface area contributed by atoms with Crippen LogP contribution in [0.2, 0.25) is 0 Å². The second-order valence-electron chi connectivity index (χ2n) is 13.2. The van der Waals surface area contributed by atoms with Crippen molar-refractivity contribution in [1.29, 1.82) is 0 Å². The van der Waals surface area contributed by atoms with Gasteiger partial charge in [0.25, 0.3) is 0 Å². The van der Waals surface area contributed by atoms with Crippen LogP contribution in [0, 0.1) is 5.41 Å². The van der Waals surface area contributed by atoms with Crippen molar-refractivity contribution in [2.45, 2.75) is 60.0 Å². The van der Waals surface area contributed by atoms with Crippen molar-refractivity contribution < 1.29 is 4.65 Å². The van der Waals surface area contributed by atoms with Crippen molar-refractivity contribution in [3.05, 3.63) is 109 Å². The minimum absolute atomic E-state index is 0.0541. The van der Waals surface area contributed by atoms with Gasteiger partial charge >= 0.3 is 7.48 Å². The number of fused-ring (bicyclic) bond motifs is 4. The van der Waals surface area contributed by atoms with Crippen LogP contribution >= 0.6 is 0 Å². The van der Waals surface area contributed by atoms with Crippen LogP contribution in [0.5, 0.6) is 0 Å². The lowest BCUT2D eigenvalue weighted by Crippen LogP contribution is -2.42. The van der Waals surface area contributed by atoms with Crippen LogP contribution in [0.4, 0.5) is 0 Å². The Hall–Kier alpha value is -3.82. The monoisotopic (exact) mass is 537 g/mol. The maximum Gasteiger partial charge on any atom is 0.309 e. The highest BCUT2D eigenvalue weighted by Gasteiger charge is 2.33. The van der Waals surface area contributed by atoms with Crippen LogP contribution in [0.1, 0.15) is 59.9 Å². The molecule has 0 aliphatic heterocycles. The Kier molecular flexibility index (Phi) is 6.82. The highest BCUT2D eigenvalue weighted by atomic mass is 16.5. The van der Waals surface area contributed by atoms with Crippen molar-refractivity contribution >= 4 is 45.5 Å². The summed E-state index contributed by atoms with van der Waals surface area (Å²) in [5, 5.41) is 5.10. The van der Waals surface area contributed by atoms with E-state index in [1.165, 1.54) is 60.4 Å². The Morgan fingerprint density at radius 1 is 0.659 bits per heavy atom. The number of hydrogen-bond acceptors (Lipinski definition) is 1. The highest BCUT2D eigenvalue weighted by molar-refractivity contribution is 6.47. The number of aromatic nitrogens is 1. The molecule has 1 aromatic heterocycles. The third kappa shape index (κ3) is 4.87. The molecule has 0 atom stereocenters. The molecule has 0 unspecified atom stereocenters. The molecule has 0 aliphatic rings. The lowest BCUT2D eigenvalue weighted by molar-refractivity contribution is 0.00504. The summed E-state index contributed by atoms with van der Waals surface area (Å²) in [6.07, 6.45) is 0. The smallest absolute Gasteiger partial charge is 0.309 e. The number of rotatable bonds is 6. The summed E-state index contributed by atoms with van der Waals surface area (Å²) >= 11 is 0. The summed E-state index contributed by atoms with van der Waals surface area (Å²) < 4.78 is 8.95. The van der Waals surface area contributed by atoms with E-state index in [-0.39, 0.29) is 11.0 Å².